The average molecular weight is 570 g/mol. The third-order valence-corrected chi connectivity index (χ3v) is 8.84. The number of Topliss-reactive ketones (excluding diaryl/α,β-unsaturated/α-hetero) is 3. The smallest absolute Gasteiger partial charge is 0.203 e. The zero-order valence-electron chi connectivity index (χ0n) is 24.4. The van der Waals surface area contributed by atoms with E-state index in [0.717, 1.165) is 0 Å². The Labute approximate surface area is 243 Å². The van der Waals surface area contributed by atoms with E-state index in [0.29, 0.717) is 33.7 Å². The van der Waals surface area contributed by atoms with E-state index in [9.17, 15) is 18.8 Å². The van der Waals surface area contributed by atoms with Gasteiger partial charge in [-0.1, -0.05) is 63.3 Å². The molecule has 3 atom stereocenters. The SMILES string of the molecule is COc1ccc([C@@H]2[C@H](C(=O)C(C)(C)C)N3c4ccc(F)cc4C=C[C@@H]3C23C(=O)c2ccccc2C3=O)c(OC)c1OC. The molecule has 3 aromatic rings. The summed E-state index contributed by atoms with van der Waals surface area (Å²) < 4.78 is 31.5. The largest absolute Gasteiger partial charge is 0.493 e. The van der Waals surface area contributed by atoms with E-state index in [1.807, 2.05) is 25.7 Å². The molecule has 3 aromatic carbocycles. The van der Waals surface area contributed by atoms with Crippen molar-refractivity contribution in [3.05, 3.63) is 88.7 Å². The van der Waals surface area contributed by atoms with E-state index in [4.69, 9.17) is 14.2 Å². The number of ketones is 3. The molecule has 3 aliphatic rings. The first-order valence-corrected chi connectivity index (χ1v) is 13.8. The van der Waals surface area contributed by atoms with Crippen molar-refractivity contribution < 1.29 is 33.0 Å². The molecule has 0 bridgehead atoms. The van der Waals surface area contributed by atoms with Crippen molar-refractivity contribution in [2.45, 2.75) is 38.8 Å². The number of methoxy groups -OCH3 is 3. The first kappa shape index (κ1) is 27.7. The summed E-state index contributed by atoms with van der Waals surface area (Å²) in [7, 11) is 4.45. The topological polar surface area (TPSA) is 82.1 Å². The second-order valence-electron chi connectivity index (χ2n) is 11.9. The lowest BCUT2D eigenvalue weighted by Crippen LogP contribution is -2.49. The molecule has 0 unspecified atom stereocenters. The Morgan fingerprint density at radius 3 is 2.10 bits per heavy atom. The lowest BCUT2D eigenvalue weighted by atomic mass is 9.63. The second kappa shape index (κ2) is 9.54. The average Bonchev–Trinajstić information content (AvgIpc) is 3.40. The van der Waals surface area contributed by atoms with Crippen molar-refractivity contribution in [1.29, 1.82) is 0 Å². The van der Waals surface area contributed by atoms with E-state index in [2.05, 4.69) is 0 Å². The highest BCUT2D eigenvalue weighted by Gasteiger charge is 2.72. The van der Waals surface area contributed by atoms with E-state index in [-0.39, 0.29) is 28.8 Å². The van der Waals surface area contributed by atoms with Crippen molar-refractivity contribution in [3.8, 4) is 17.2 Å². The highest BCUT2D eigenvalue weighted by molar-refractivity contribution is 6.32. The van der Waals surface area contributed by atoms with Gasteiger partial charge in [0.2, 0.25) is 5.75 Å². The van der Waals surface area contributed by atoms with Crippen LogP contribution in [0.2, 0.25) is 0 Å². The molecule has 0 radical (unpaired) electrons. The van der Waals surface area contributed by atoms with Gasteiger partial charge < -0.3 is 19.1 Å². The minimum atomic E-state index is -1.72. The van der Waals surface area contributed by atoms with Crippen LogP contribution in [0.4, 0.5) is 10.1 Å². The maximum atomic E-state index is 14.8. The molecule has 2 heterocycles. The van der Waals surface area contributed by atoms with Crippen LogP contribution in [0.25, 0.3) is 6.08 Å². The van der Waals surface area contributed by atoms with Crippen LogP contribution in [0.5, 0.6) is 17.2 Å². The Morgan fingerprint density at radius 1 is 0.881 bits per heavy atom. The van der Waals surface area contributed by atoms with E-state index < -0.39 is 34.6 Å². The third kappa shape index (κ3) is 3.53. The molecule has 7 nitrogen and oxygen atoms in total. The van der Waals surface area contributed by atoms with Gasteiger partial charge in [0.15, 0.2) is 28.8 Å². The maximum Gasteiger partial charge on any atom is 0.203 e. The summed E-state index contributed by atoms with van der Waals surface area (Å²) in [4.78, 5) is 46.0. The predicted octanol–water partition coefficient (Wildman–Crippen LogP) is 5.90. The molecule has 8 heteroatoms. The van der Waals surface area contributed by atoms with Gasteiger partial charge in [0.05, 0.1) is 33.4 Å². The molecule has 1 aliphatic carbocycles. The van der Waals surface area contributed by atoms with Gasteiger partial charge in [-0.15, -0.1) is 0 Å². The number of anilines is 1. The fraction of sp³-hybridized carbons (Fsp3) is 0.324. The van der Waals surface area contributed by atoms with Crippen LogP contribution in [0.3, 0.4) is 0 Å². The van der Waals surface area contributed by atoms with E-state index in [1.54, 1.807) is 54.6 Å². The number of ether oxygens (including phenoxy) is 3. The van der Waals surface area contributed by atoms with Crippen LogP contribution in [0.1, 0.15) is 58.5 Å². The van der Waals surface area contributed by atoms with Gasteiger partial charge in [-0.3, -0.25) is 14.4 Å². The molecule has 0 saturated carbocycles. The van der Waals surface area contributed by atoms with E-state index in [1.165, 1.54) is 33.5 Å². The minimum absolute atomic E-state index is 0.173. The Hall–Kier alpha value is -4.46. The summed E-state index contributed by atoms with van der Waals surface area (Å²) >= 11 is 0. The predicted molar refractivity (Wildman–Crippen MR) is 156 cm³/mol. The molecule has 42 heavy (non-hydrogen) atoms. The molecule has 0 aromatic heterocycles. The monoisotopic (exact) mass is 569 g/mol. The number of hydrogen-bond acceptors (Lipinski definition) is 7. The number of carbonyl (C=O) groups is 3. The zero-order chi connectivity index (χ0) is 30.1. The number of halogens is 1. The van der Waals surface area contributed by atoms with Crippen LogP contribution in [-0.2, 0) is 4.79 Å². The molecular weight excluding hydrogens is 537 g/mol. The van der Waals surface area contributed by atoms with Crippen LogP contribution in [0, 0.1) is 16.6 Å². The van der Waals surface area contributed by atoms with Crippen molar-refractivity contribution in [2.24, 2.45) is 10.8 Å². The molecule has 216 valence electrons. The van der Waals surface area contributed by atoms with Gasteiger partial charge >= 0.3 is 0 Å². The minimum Gasteiger partial charge on any atom is -0.493 e. The fourth-order valence-corrected chi connectivity index (χ4v) is 7.10. The van der Waals surface area contributed by atoms with E-state index >= 15 is 0 Å². The lowest BCUT2D eigenvalue weighted by Gasteiger charge is -2.38. The Kier molecular flexibility index (Phi) is 6.29. The second-order valence-corrected chi connectivity index (χ2v) is 11.9. The Balaban J connectivity index is 1.75. The summed E-state index contributed by atoms with van der Waals surface area (Å²) in [6.07, 6.45) is 3.50. The summed E-state index contributed by atoms with van der Waals surface area (Å²) in [6.45, 7) is 5.45. The molecule has 1 fully saturated rings. The van der Waals surface area contributed by atoms with Crippen molar-refractivity contribution in [2.75, 3.05) is 26.2 Å². The van der Waals surface area contributed by atoms with Gasteiger partial charge in [0.25, 0.3) is 0 Å². The highest BCUT2D eigenvalue weighted by Crippen LogP contribution is 2.63. The molecule has 0 amide bonds. The quantitative estimate of drug-likeness (QED) is 0.354. The summed E-state index contributed by atoms with van der Waals surface area (Å²) in [5.74, 6) is -1.36. The van der Waals surface area contributed by atoms with Gasteiger partial charge in [0.1, 0.15) is 11.2 Å². The van der Waals surface area contributed by atoms with Crippen molar-refractivity contribution in [1.82, 2.24) is 0 Å². The standard InChI is InChI=1S/C34H32FNO6/c1-33(2,3)32(39)27-26(22-13-15-24(40-4)29(42-6)28(22)41-5)34(30(37)20-9-7-8-10-21(20)31(34)38)25-16-11-18-17-19(35)12-14-23(18)36(25)27/h7-17,25-27H,1-6H3/t25-,26-,27-/m1/s1. The highest BCUT2D eigenvalue weighted by atomic mass is 19.1. The maximum absolute atomic E-state index is 14.8. The van der Waals surface area contributed by atoms with Gasteiger partial charge in [-0.25, -0.2) is 4.39 Å². The lowest BCUT2D eigenvalue weighted by molar-refractivity contribution is -0.127. The third-order valence-electron chi connectivity index (χ3n) is 8.84. The molecule has 2 aliphatic heterocycles. The normalized spacial score (nSPS) is 21.7. The Bertz CT molecular complexity index is 1650. The number of carbonyl (C=O) groups excluding carboxylic acids is 3. The first-order valence-electron chi connectivity index (χ1n) is 13.8. The van der Waals surface area contributed by atoms with Crippen molar-refractivity contribution in [3.63, 3.8) is 0 Å². The molecule has 6 rings (SSSR count). The van der Waals surface area contributed by atoms with Crippen LogP contribution in [-0.4, -0.2) is 50.8 Å². The first-order chi connectivity index (χ1) is 20.0. The van der Waals surface area contributed by atoms with Gasteiger partial charge in [-0.05, 0) is 24.3 Å². The summed E-state index contributed by atoms with van der Waals surface area (Å²) in [6, 6.07) is 12.7. The van der Waals surface area contributed by atoms with Gasteiger partial charge in [0, 0.05) is 39.3 Å². The van der Waals surface area contributed by atoms with Crippen molar-refractivity contribution >= 4 is 29.1 Å². The van der Waals surface area contributed by atoms with Crippen LogP contribution >= 0.6 is 0 Å². The molecular formula is C34H32FNO6. The summed E-state index contributed by atoms with van der Waals surface area (Å²) in [5, 5.41) is 0. The fourth-order valence-electron chi connectivity index (χ4n) is 7.10. The number of rotatable bonds is 5. The number of hydrogen-bond donors (Lipinski definition) is 0. The van der Waals surface area contributed by atoms with Crippen LogP contribution < -0.4 is 19.1 Å². The molecule has 0 N–H and O–H groups in total. The molecule has 1 saturated heterocycles. The van der Waals surface area contributed by atoms with Gasteiger partial charge in [-0.2, -0.15) is 0 Å². The number of benzene rings is 3. The Morgan fingerprint density at radius 2 is 1.52 bits per heavy atom. The number of fused-ring (bicyclic) bond motifs is 5. The number of nitrogens with zero attached hydrogens (tertiary/aromatic N) is 1. The van der Waals surface area contributed by atoms with Crippen LogP contribution in [0.15, 0.2) is 60.7 Å². The summed E-state index contributed by atoms with van der Waals surface area (Å²) in [5.41, 5.74) is -0.346. The zero-order valence-corrected chi connectivity index (χ0v) is 24.4. The molecule has 1 spiro atoms.